The first kappa shape index (κ1) is 21.2. The zero-order valence-corrected chi connectivity index (χ0v) is 15.7. The van der Waals surface area contributed by atoms with Crippen LogP contribution >= 0.6 is 0 Å². The Kier molecular flexibility index (Phi) is 10.6. The molecule has 0 fully saturated rings. The van der Waals surface area contributed by atoms with Crippen molar-refractivity contribution in [3.8, 4) is 0 Å². The third kappa shape index (κ3) is 7.72. The van der Waals surface area contributed by atoms with Gasteiger partial charge in [-0.1, -0.05) is 70.4 Å². The van der Waals surface area contributed by atoms with Crippen molar-refractivity contribution >= 4 is 11.6 Å². The lowest BCUT2D eigenvalue weighted by molar-refractivity contribution is -0.119. The Bertz CT molecular complexity index is 526. The van der Waals surface area contributed by atoms with Crippen LogP contribution < -0.4 is 0 Å². The Balaban J connectivity index is 2.28. The fourth-order valence-electron chi connectivity index (χ4n) is 2.82. The number of hydrogen-bond donors (Lipinski definition) is 1. The molecule has 1 aliphatic rings. The molecule has 0 aromatic rings. The van der Waals surface area contributed by atoms with Crippen molar-refractivity contribution in [3.05, 3.63) is 35.3 Å². The molecule has 0 bridgehead atoms. The number of ketones is 2. The van der Waals surface area contributed by atoms with E-state index >= 15 is 0 Å². The van der Waals surface area contributed by atoms with Crippen molar-refractivity contribution in [1.82, 2.24) is 0 Å². The second-order valence-corrected chi connectivity index (χ2v) is 6.42. The van der Waals surface area contributed by atoms with Crippen LogP contribution in [-0.2, 0) is 14.3 Å². The van der Waals surface area contributed by atoms with E-state index in [0.717, 1.165) is 18.9 Å². The molecule has 0 spiro atoms. The molecular formula is C21H32O4. The van der Waals surface area contributed by atoms with E-state index in [-0.39, 0.29) is 11.3 Å². The van der Waals surface area contributed by atoms with Crippen LogP contribution in [0.4, 0.5) is 0 Å². The molecule has 1 rings (SSSR count). The summed E-state index contributed by atoms with van der Waals surface area (Å²) in [6.45, 7) is 4.28. The van der Waals surface area contributed by atoms with Gasteiger partial charge in [-0.05, 0) is 19.8 Å². The predicted molar refractivity (Wildman–Crippen MR) is 100 cm³/mol. The van der Waals surface area contributed by atoms with Crippen molar-refractivity contribution in [2.24, 2.45) is 0 Å². The summed E-state index contributed by atoms with van der Waals surface area (Å²) in [6, 6.07) is 0. The van der Waals surface area contributed by atoms with Crippen LogP contribution in [0.15, 0.2) is 35.3 Å². The van der Waals surface area contributed by atoms with Crippen LogP contribution in [0.2, 0.25) is 0 Å². The summed E-state index contributed by atoms with van der Waals surface area (Å²) in [7, 11) is 0. The second kappa shape index (κ2) is 12.5. The lowest BCUT2D eigenvalue weighted by Gasteiger charge is -2.13. The molecule has 0 atom stereocenters. The van der Waals surface area contributed by atoms with Crippen molar-refractivity contribution < 1.29 is 19.4 Å². The van der Waals surface area contributed by atoms with Crippen LogP contribution in [-0.4, -0.2) is 23.3 Å². The summed E-state index contributed by atoms with van der Waals surface area (Å²) >= 11 is 0. The average molecular weight is 348 g/mol. The molecule has 1 aliphatic carbocycles. The van der Waals surface area contributed by atoms with Gasteiger partial charge in [-0.2, -0.15) is 0 Å². The van der Waals surface area contributed by atoms with Crippen LogP contribution in [0.1, 0.15) is 78.1 Å². The fraction of sp³-hybridized carbons (Fsp3) is 0.619. The van der Waals surface area contributed by atoms with Crippen molar-refractivity contribution in [3.63, 3.8) is 0 Å². The minimum Gasteiger partial charge on any atom is -0.504 e. The highest BCUT2D eigenvalue weighted by Gasteiger charge is 2.27. The molecule has 0 unspecified atom stereocenters. The highest BCUT2D eigenvalue weighted by Crippen LogP contribution is 2.20. The first-order chi connectivity index (χ1) is 12.1. The molecule has 0 saturated heterocycles. The smallest absolute Gasteiger partial charge is 0.231 e. The molecule has 0 aliphatic heterocycles. The summed E-state index contributed by atoms with van der Waals surface area (Å²) in [4.78, 5) is 23.9. The van der Waals surface area contributed by atoms with Crippen molar-refractivity contribution in [2.75, 3.05) is 6.61 Å². The molecule has 0 heterocycles. The Hall–Kier alpha value is -1.84. The van der Waals surface area contributed by atoms with E-state index in [1.54, 1.807) is 13.0 Å². The Morgan fingerprint density at radius 3 is 2.16 bits per heavy atom. The predicted octanol–water partition coefficient (Wildman–Crippen LogP) is 5.35. The van der Waals surface area contributed by atoms with E-state index in [0.29, 0.717) is 6.61 Å². The quantitative estimate of drug-likeness (QED) is 0.360. The Labute approximate surface area is 151 Å². The highest BCUT2D eigenvalue weighted by molar-refractivity contribution is 6.22. The molecule has 0 amide bonds. The number of hydrogen-bond acceptors (Lipinski definition) is 4. The largest absolute Gasteiger partial charge is 0.504 e. The maximum absolute atomic E-state index is 12.2. The van der Waals surface area contributed by atoms with Gasteiger partial charge in [-0.25, -0.2) is 0 Å². The number of Topliss-reactive ketones (excluding diaryl/α,β-unsaturated/α-hetero) is 1. The molecule has 0 aromatic heterocycles. The number of carbonyl (C=O) groups excluding carboxylic acids is 2. The van der Waals surface area contributed by atoms with Gasteiger partial charge < -0.3 is 9.84 Å². The van der Waals surface area contributed by atoms with Gasteiger partial charge in [0.15, 0.2) is 11.5 Å². The van der Waals surface area contributed by atoms with Gasteiger partial charge in [0, 0.05) is 6.08 Å². The minimum atomic E-state index is -0.578. The molecule has 0 saturated carbocycles. The number of allylic oxidation sites excluding steroid dienone is 4. The van der Waals surface area contributed by atoms with Gasteiger partial charge in [0.05, 0.1) is 12.2 Å². The molecule has 0 aromatic carbocycles. The van der Waals surface area contributed by atoms with Gasteiger partial charge in [0.25, 0.3) is 0 Å². The number of ether oxygens (including phenoxy) is 1. The van der Waals surface area contributed by atoms with Gasteiger partial charge in [0.1, 0.15) is 0 Å². The number of aliphatic hydroxyl groups excluding tert-OH is 1. The molecule has 0 radical (unpaired) electrons. The standard InChI is InChI=1S/C21H32O4/c1-3-5-6-7-8-9-10-11-12-13-14-15-17-20(23)18(22)16-19(21(17)24)25-4-2/h14-16,23H,3-13H2,1-2H3/b15-14-. The number of aliphatic hydroxyl groups is 1. The molecule has 1 N–H and O–H groups in total. The summed E-state index contributed by atoms with van der Waals surface area (Å²) in [5.41, 5.74) is 0.0341. The van der Waals surface area contributed by atoms with E-state index < -0.39 is 17.3 Å². The SMILES string of the molecule is CCCCCCCCCCC/C=C\C1=C(O)C(=O)C=C(OCC)C1=O. The van der Waals surface area contributed by atoms with Gasteiger partial charge >= 0.3 is 0 Å². The summed E-state index contributed by atoms with van der Waals surface area (Å²) < 4.78 is 5.16. The van der Waals surface area contributed by atoms with Crippen molar-refractivity contribution in [2.45, 2.75) is 78.1 Å². The zero-order valence-electron chi connectivity index (χ0n) is 15.7. The molecular weight excluding hydrogens is 316 g/mol. The molecule has 140 valence electrons. The lowest BCUT2D eigenvalue weighted by Crippen LogP contribution is -2.20. The van der Waals surface area contributed by atoms with Crippen molar-refractivity contribution in [1.29, 1.82) is 0 Å². The average Bonchev–Trinajstić information content (AvgIpc) is 2.60. The van der Waals surface area contributed by atoms with E-state index in [2.05, 4.69) is 6.92 Å². The first-order valence-electron chi connectivity index (χ1n) is 9.65. The first-order valence-corrected chi connectivity index (χ1v) is 9.65. The maximum atomic E-state index is 12.2. The topological polar surface area (TPSA) is 63.6 Å². The number of unbranched alkanes of at least 4 members (excludes halogenated alkanes) is 9. The number of carbonyl (C=O) groups is 2. The maximum Gasteiger partial charge on any atom is 0.231 e. The normalized spacial score (nSPS) is 15.2. The van der Waals surface area contributed by atoms with Gasteiger partial charge in [-0.3, -0.25) is 9.59 Å². The van der Waals surface area contributed by atoms with Crippen LogP contribution in [0.3, 0.4) is 0 Å². The monoisotopic (exact) mass is 348 g/mol. The number of rotatable bonds is 13. The summed E-state index contributed by atoms with van der Waals surface area (Å²) in [5.74, 6) is -1.49. The molecule has 4 nitrogen and oxygen atoms in total. The van der Waals surface area contributed by atoms with E-state index in [1.165, 1.54) is 51.4 Å². The van der Waals surface area contributed by atoms with Crippen LogP contribution in [0.5, 0.6) is 0 Å². The zero-order chi connectivity index (χ0) is 18.5. The lowest BCUT2D eigenvalue weighted by atomic mass is 9.99. The van der Waals surface area contributed by atoms with Gasteiger partial charge in [0.2, 0.25) is 11.6 Å². The van der Waals surface area contributed by atoms with Crippen LogP contribution in [0, 0.1) is 0 Å². The third-order valence-electron chi connectivity index (χ3n) is 4.28. The second-order valence-electron chi connectivity index (χ2n) is 6.42. The van der Waals surface area contributed by atoms with E-state index in [1.807, 2.05) is 6.08 Å². The van der Waals surface area contributed by atoms with E-state index in [4.69, 9.17) is 4.74 Å². The van der Waals surface area contributed by atoms with E-state index in [9.17, 15) is 14.7 Å². The summed E-state index contributed by atoms with van der Waals surface area (Å²) in [6.07, 6.45) is 16.7. The summed E-state index contributed by atoms with van der Waals surface area (Å²) in [5, 5.41) is 9.81. The minimum absolute atomic E-state index is 0.00743. The Morgan fingerprint density at radius 2 is 1.56 bits per heavy atom. The fourth-order valence-corrected chi connectivity index (χ4v) is 2.82. The molecule has 25 heavy (non-hydrogen) atoms. The van der Waals surface area contributed by atoms with Gasteiger partial charge in [-0.15, -0.1) is 0 Å². The van der Waals surface area contributed by atoms with Crippen LogP contribution in [0.25, 0.3) is 0 Å². The Morgan fingerprint density at radius 1 is 0.960 bits per heavy atom. The highest BCUT2D eigenvalue weighted by atomic mass is 16.5. The third-order valence-corrected chi connectivity index (χ3v) is 4.28. The molecule has 4 heteroatoms.